The monoisotopic (exact) mass is 242 g/mol. The summed E-state index contributed by atoms with van der Waals surface area (Å²) in [6.07, 6.45) is 0.957. The maximum Gasteiger partial charge on any atom is 0.242 e. The Labute approximate surface area is 84.4 Å². The van der Waals surface area contributed by atoms with E-state index < -0.39 is 10.0 Å². The summed E-state index contributed by atoms with van der Waals surface area (Å²) in [7, 11) is -3.43. The summed E-state index contributed by atoms with van der Waals surface area (Å²) in [4.78, 5) is 10.4. The highest BCUT2D eigenvalue weighted by atomic mass is 35.5. The summed E-state index contributed by atoms with van der Waals surface area (Å²) in [5, 5.41) is -0.350. The Morgan fingerprint density at radius 2 is 1.62 bits per heavy atom. The van der Waals surface area contributed by atoms with Crippen molar-refractivity contribution in [2.24, 2.45) is 0 Å². The number of hydrogen-bond donors (Lipinski definition) is 1. The summed E-state index contributed by atoms with van der Waals surface area (Å²) in [5.41, 5.74) is 0. The van der Waals surface area contributed by atoms with Crippen molar-refractivity contribution < 1.29 is 8.42 Å². The van der Waals surface area contributed by atoms with Gasteiger partial charge in [0.2, 0.25) is 26.5 Å². The highest BCUT2D eigenvalue weighted by molar-refractivity contribution is 7.91. The smallest absolute Gasteiger partial charge is 0.242 e. The van der Waals surface area contributed by atoms with E-state index in [1.807, 2.05) is 4.72 Å². The van der Waals surface area contributed by atoms with E-state index in [2.05, 4.69) is 15.0 Å². The number of hydrogen-bond acceptors (Lipinski definition) is 5. The topological polar surface area (TPSA) is 84.8 Å². The first kappa shape index (κ1) is 10.4. The van der Waals surface area contributed by atoms with Crippen molar-refractivity contribution in [3.05, 3.63) is 10.6 Å². The summed E-state index contributed by atoms with van der Waals surface area (Å²) in [6.45, 7) is 0. The van der Waals surface area contributed by atoms with Crippen LogP contribution in [0.25, 0.3) is 0 Å². The van der Waals surface area contributed by atoms with Crippen LogP contribution in [0.15, 0.2) is 0 Å². The molecular weight excluding hydrogens is 239 g/mol. The van der Waals surface area contributed by atoms with Gasteiger partial charge in [-0.2, -0.15) is 15.0 Å². The molecule has 1 heterocycles. The van der Waals surface area contributed by atoms with Gasteiger partial charge in [0.15, 0.2) is 0 Å². The van der Waals surface area contributed by atoms with Gasteiger partial charge >= 0.3 is 0 Å². The minimum atomic E-state index is -3.43. The summed E-state index contributed by atoms with van der Waals surface area (Å²) in [5.74, 6) is -0.201. The van der Waals surface area contributed by atoms with Gasteiger partial charge in [-0.15, -0.1) is 0 Å². The fraction of sp³-hybridized carbons (Fsp3) is 0.250. The van der Waals surface area contributed by atoms with E-state index in [4.69, 9.17) is 23.2 Å². The lowest BCUT2D eigenvalue weighted by atomic mass is 11.0. The zero-order valence-corrected chi connectivity index (χ0v) is 8.65. The van der Waals surface area contributed by atoms with Gasteiger partial charge < -0.3 is 0 Å². The van der Waals surface area contributed by atoms with Gasteiger partial charge in [0.25, 0.3) is 0 Å². The van der Waals surface area contributed by atoms with Crippen LogP contribution in [0.5, 0.6) is 0 Å². The van der Waals surface area contributed by atoms with Crippen LogP contribution in [0, 0.1) is 0 Å². The molecule has 1 aromatic rings. The SMILES string of the molecule is CS(=O)(=O)Nc1nc(Cl)nc(Cl)n1. The zero-order chi connectivity index (χ0) is 10.1. The first-order valence-corrected chi connectivity index (χ1v) is 5.56. The second kappa shape index (κ2) is 3.60. The van der Waals surface area contributed by atoms with Crippen LogP contribution in [0.4, 0.5) is 5.95 Å². The van der Waals surface area contributed by atoms with Crippen molar-refractivity contribution in [1.29, 1.82) is 0 Å². The third-order valence-electron chi connectivity index (χ3n) is 0.858. The maximum absolute atomic E-state index is 10.7. The largest absolute Gasteiger partial charge is 0.251 e. The Balaban J connectivity index is 3.03. The lowest BCUT2D eigenvalue weighted by Gasteiger charge is -2.00. The molecule has 1 N–H and O–H groups in total. The molecule has 1 aromatic heterocycles. The normalized spacial score (nSPS) is 11.3. The first-order chi connectivity index (χ1) is 5.87. The average Bonchev–Trinajstić information content (AvgIpc) is 1.78. The number of nitrogens with zero attached hydrogens (tertiary/aromatic N) is 3. The highest BCUT2D eigenvalue weighted by Gasteiger charge is 2.07. The minimum absolute atomic E-state index is 0.175. The van der Waals surface area contributed by atoms with E-state index in [0.29, 0.717) is 0 Å². The molecule has 0 aliphatic heterocycles. The van der Waals surface area contributed by atoms with Gasteiger partial charge in [-0.1, -0.05) is 0 Å². The van der Waals surface area contributed by atoms with Crippen molar-refractivity contribution in [3.8, 4) is 0 Å². The van der Waals surface area contributed by atoms with Crippen molar-refractivity contribution in [2.75, 3.05) is 11.0 Å². The molecule has 0 unspecified atom stereocenters. The number of sulfonamides is 1. The van der Waals surface area contributed by atoms with E-state index in [9.17, 15) is 8.42 Å². The van der Waals surface area contributed by atoms with Crippen LogP contribution >= 0.6 is 23.2 Å². The highest BCUT2D eigenvalue weighted by Crippen LogP contribution is 2.09. The maximum atomic E-state index is 10.7. The molecule has 0 aliphatic rings. The van der Waals surface area contributed by atoms with E-state index >= 15 is 0 Å². The molecule has 0 atom stereocenters. The summed E-state index contributed by atoms with van der Waals surface area (Å²) >= 11 is 10.8. The van der Waals surface area contributed by atoms with Crippen LogP contribution in [-0.2, 0) is 10.0 Å². The molecule has 13 heavy (non-hydrogen) atoms. The molecule has 0 saturated heterocycles. The van der Waals surface area contributed by atoms with Crippen LogP contribution in [0.3, 0.4) is 0 Å². The molecule has 9 heteroatoms. The number of rotatable bonds is 2. The summed E-state index contributed by atoms with van der Waals surface area (Å²) in [6, 6.07) is 0. The van der Waals surface area contributed by atoms with Crippen LogP contribution in [0.1, 0.15) is 0 Å². The quantitative estimate of drug-likeness (QED) is 0.819. The molecule has 0 bridgehead atoms. The molecule has 0 aromatic carbocycles. The summed E-state index contributed by atoms with van der Waals surface area (Å²) < 4.78 is 23.5. The lowest BCUT2D eigenvalue weighted by molar-refractivity contribution is 0.606. The molecule has 0 fully saturated rings. The standard InChI is InChI=1S/C4H4Cl2N4O2S/c1-13(11,12)10-4-8-2(5)7-3(6)9-4/h1H3,(H,7,8,9,10). The molecule has 72 valence electrons. The van der Waals surface area contributed by atoms with Gasteiger partial charge in [0.05, 0.1) is 6.26 Å². The van der Waals surface area contributed by atoms with E-state index in [1.54, 1.807) is 0 Å². The van der Waals surface area contributed by atoms with Gasteiger partial charge in [-0.25, -0.2) is 8.42 Å². The molecule has 6 nitrogen and oxygen atoms in total. The third-order valence-corrected chi connectivity index (χ3v) is 1.75. The fourth-order valence-electron chi connectivity index (χ4n) is 0.537. The molecule has 0 aliphatic carbocycles. The lowest BCUT2D eigenvalue weighted by Crippen LogP contribution is -2.12. The molecule has 0 radical (unpaired) electrons. The number of aromatic nitrogens is 3. The van der Waals surface area contributed by atoms with Crippen molar-refractivity contribution in [1.82, 2.24) is 15.0 Å². The Hall–Kier alpha value is -0.660. The fourth-order valence-corrected chi connectivity index (χ4v) is 1.32. The zero-order valence-electron chi connectivity index (χ0n) is 6.32. The van der Waals surface area contributed by atoms with Gasteiger partial charge in [-0.05, 0) is 23.2 Å². The average molecular weight is 243 g/mol. The second-order valence-electron chi connectivity index (χ2n) is 2.07. The second-order valence-corrected chi connectivity index (χ2v) is 4.50. The van der Waals surface area contributed by atoms with Gasteiger partial charge in [0, 0.05) is 0 Å². The van der Waals surface area contributed by atoms with E-state index in [0.717, 1.165) is 6.26 Å². The number of anilines is 1. The molecule has 0 amide bonds. The first-order valence-electron chi connectivity index (χ1n) is 2.92. The van der Waals surface area contributed by atoms with Gasteiger partial charge in [-0.3, -0.25) is 4.72 Å². The van der Waals surface area contributed by atoms with Crippen LogP contribution < -0.4 is 4.72 Å². The Kier molecular flexibility index (Phi) is 2.89. The Morgan fingerprint density at radius 3 is 2.00 bits per heavy atom. The van der Waals surface area contributed by atoms with Crippen molar-refractivity contribution in [3.63, 3.8) is 0 Å². The molecule has 0 saturated carbocycles. The Morgan fingerprint density at radius 1 is 1.15 bits per heavy atom. The minimum Gasteiger partial charge on any atom is -0.251 e. The van der Waals surface area contributed by atoms with Crippen LogP contribution in [0.2, 0.25) is 10.6 Å². The predicted molar refractivity (Wildman–Crippen MR) is 48.3 cm³/mol. The van der Waals surface area contributed by atoms with E-state index in [-0.39, 0.29) is 16.5 Å². The third kappa shape index (κ3) is 3.71. The molecular formula is C4H4Cl2N4O2S. The molecule has 1 rings (SSSR count). The van der Waals surface area contributed by atoms with Crippen LogP contribution in [-0.4, -0.2) is 29.6 Å². The number of nitrogens with one attached hydrogen (secondary N) is 1. The van der Waals surface area contributed by atoms with Crippen molar-refractivity contribution in [2.45, 2.75) is 0 Å². The Bertz CT molecular complexity index is 400. The predicted octanol–water partition coefficient (Wildman–Crippen LogP) is 0.550. The van der Waals surface area contributed by atoms with Gasteiger partial charge in [0.1, 0.15) is 0 Å². The number of halogens is 2. The molecule has 0 spiro atoms. The van der Waals surface area contributed by atoms with E-state index in [1.165, 1.54) is 0 Å². The van der Waals surface area contributed by atoms with Crippen molar-refractivity contribution >= 4 is 39.2 Å².